The average Bonchev–Trinajstić information content (AvgIpc) is 3.47. The van der Waals surface area contributed by atoms with Gasteiger partial charge in [-0.05, 0) is 49.1 Å². The van der Waals surface area contributed by atoms with Crippen molar-refractivity contribution in [1.29, 1.82) is 0 Å². The number of nitrogens with zero attached hydrogens (tertiary/aromatic N) is 4. The zero-order valence-corrected chi connectivity index (χ0v) is 18.4. The van der Waals surface area contributed by atoms with E-state index in [0.717, 1.165) is 43.7 Å². The van der Waals surface area contributed by atoms with Crippen LogP contribution in [0.15, 0.2) is 60.2 Å². The first-order valence-corrected chi connectivity index (χ1v) is 11.2. The number of thiazole rings is 1. The molecule has 33 heavy (non-hydrogen) atoms. The third-order valence-electron chi connectivity index (χ3n) is 4.78. The van der Waals surface area contributed by atoms with Crippen LogP contribution in [0.5, 0.6) is 5.75 Å². The summed E-state index contributed by atoms with van der Waals surface area (Å²) in [6.07, 6.45) is 6.58. The Hall–Kier alpha value is -3.66. The smallest absolute Gasteiger partial charge is 0.257 e. The van der Waals surface area contributed by atoms with Crippen LogP contribution in [0.25, 0.3) is 0 Å². The van der Waals surface area contributed by atoms with Crippen LogP contribution in [-0.2, 0) is 19.6 Å². The Labute approximate surface area is 193 Å². The van der Waals surface area contributed by atoms with Crippen molar-refractivity contribution in [2.75, 3.05) is 5.32 Å². The third-order valence-corrected chi connectivity index (χ3v) is 5.59. The first kappa shape index (κ1) is 22.5. The molecule has 1 amide bonds. The lowest BCUT2D eigenvalue weighted by atomic mass is 10.1. The lowest BCUT2D eigenvalue weighted by molar-refractivity contribution is 0.102. The number of aryl methyl sites for hydroxylation is 2. The van der Waals surface area contributed by atoms with E-state index in [-0.39, 0.29) is 12.2 Å². The van der Waals surface area contributed by atoms with Gasteiger partial charge in [0, 0.05) is 29.8 Å². The Balaban J connectivity index is 1.22. The van der Waals surface area contributed by atoms with E-state index in [1.165, 1.54) is 16.9 Å². The highest BCUT2D eigenvalue weighted by atomic mass is 32.1. The Morgan fingerprint density at radius 1 is 1.09 bits per heavy atom. The van der Waals surface area contributed by atoms with Gasteiger partial charge in [0.1, 0.15) is 24.0 Å². The summed E-state index contributed by atoms with van der Waals surface area (Å²) in [5.74, 6) is -1.54. The summed E-state index contributed by atoms with van der Waals surface area (Å²) >= 11 is 1.21. The van der Waals surface area contributed by atoms with E-state index in [1.54, 1.807) is 11.6 Å². The fourth-order valence-electron chi connectivity index (χ4n) is 3.15. The molecule has 4 aromatic rings. The molecule has 7 nitrogen and oxygen atoms in total. The zero-order chi connectivity index (χ0) is 23.0. The van der Waals surface area contributed by atoms with E-state index in [1.807, 2.05) is 35.1 Å². The first-order valence-electron chi connectivity index (χ1n) is 10.3. The van der Waals surface area contributed by atoms with Gasteiger partial charge in [0.05, 0.1) is 11.9 Å². The second kappa shape index (κ2) is 10.8. The number of hydrogen-bond donors (Lipinski definition) is 1. The van der Waals surface area contributed by atoms with E-state index in [4.69, 9.17) is 4.74 Å². The Morgan fingerprint density at radius 3 is 2.61 bits per heavy atom. The second-order valence-corrected chi connectivity index (χ2v) is 8.17. The van der Waals surface area contributed by atoms with Crippen LogP contribution in [0.3, 0.4) is 0 Å². The molecule has 0 bridgehead atoms. The molecule has 2 heterocycles. The molecule has 4 rings (SSSR count). The van der Waals surface area contributed by atoms with Crippen molar-refractivity contribution < 1.29 is 18.3 Å². The summed E-state index contributed by atoms with van der Waals surface area (Å²) in [6, 6.07) is 10.6. The van der Waals surface area contributed by atoms with E-state index >= 15 is 0 Å². The molecular formula is C23H21F2N5O2S. The number of carbonyl (C=O) groups excluding carboxylic acids is 1. The predicted octanol–water partition coefficient (Wildman–Crippen LogP) is 4.87. The molecule has 170 valence electrons. The minimum atomic E-state index is -0.814. The number of amides is 1. The molecular weight excluding hydrogens is 448 g/mol. The lowest BCUT2D eigenvalue weighted by Gasteiger charge is -2.06. The Bertz CT molecular complexity index is 1180. The molecule has 0 radical (unpaired) electrons. The van der Waals surface area contributed by atoms with Gasteiger partial charge in [-0.3, -0.25) is 14.8 Å². The molecule has 0 aliphatic rings. The second-order valence-electron chi connectivity index (χ2n) is 7.31. The summed E-state index contributed by atoms with van der Waals surface area (Å²) in [7, 11) is 0. The molecule has 0 fully saturated rings. The average molecular weight is 470 g/mol. The predicted molar refractivity (Wildman–Crippen MR) is 120 cm³/mol. The van der Waals surface area contributed by atoms with E-state index < -0.39 is 17.5 Å². The summed E-state index contributed by atoms with van der Waals surface area (Å²) < 4.78 is 34.2. The largest absolute Gasteiger partial charge is 0.487 e. The fourth-order valence-corrected chi connectivity index (χ4v) is 3.84. The minimum Gasteiger partial charge on any atom is -0.487 e. The SMILES string of the molecule is O=C(Nc1nc(COc2ccc(CCCCn3ccnn3)cc2)cs1)c1cc(F)cc(F)c1. The highest BCUT2D eigenvalue weighted by Gasteiger charge is 2.12. The van der Waals surface area contributed by atoms with Gasteiger partial charge in [-0.1, -0.05) is 17.3 Å². The van der Waals surface area contributed by atoms with E-state index in [0.29, 0.717) is 16.9 Å². The standard InChI is InChI=1S/C23H21F2N5O2S/c24-18-11-17(12-19(25)13-18)22(31)28-23-27-20(15-33-23)14-32-21-6-4-16(5-7-21)3-1-2-9-30-10-8-26-29-30/h4-8,10-13,15H,1-3,9,14H2,(H,27,28,31). The van der Waals surface area contributed by atoms with Crippen LogP contribution in [0, 0.1) is 11.6 Å². The summed E-state index contributed by atoms with van der Waals surface area (Å²) in [5, 5.41) is 12.4. The molecule has 0 unspecified atom stereocenters. The van der Waals surface area contributed by atoms with Crippen molar-refractivity contribution in [3.8, 4) is 5.75 Å². The molecule has 10 heteroatoms. The number of benzene rings is 2. The maximum absolute atomic E-state index is 13.3. The molecule has 0 spiro atoms. The Kier molecular flexibility index (Phi) is 7.36. The molecule has 0 aliphatic heterocycles. The Morgan fingerprint density at radius 2 is 1.88 bits per heavy atom. The minimum absolute atomic E-state index is 0.112. The van der Waals surface area contributed by atoms with Crippen LogP contribution < -0.4 is 10.1 Å². The van der Waals surface area contributed by atoms with Crippen molar-refractivity contribution in [3.05, 3.63) is 88.7 Å². The normalized spacial score (nSPS) is 10.8. The van der Waals surface area contributed by atoms with Crippen molar-refractivity contribution in [2.45, 2.75) is 32.4 Å². The van der Waals surface area contributed by atoms with Crippen LogP contribution >= 0.6 is 11.3 Å². The maximum Gasteiger partial charge on any atom is 0.257 e. The van der Waals surface area contributed by atoms with Crippen LogP contribution in [0.4, 0.5) is 13.9 Å². The number of unbranched alkanes of at least 4 members (excludes halogenated alkanes) is 1. The van der Waals surface area contributed by atoms with Gasteiger partial charge in [0.15, 0.2) is 5.13 Å². The third kappa shape index (κ3) is 6.66. The molecule has 2 aromatic carbocycles. The van der Waals surface area contributed by atoms with Gasteiger partial charge in [-0.15, -0.1) is 16.4 Å². The van der Waals surface area contributed by atoms with Gasteiger partial charge in [-0.25, -0.2) is 13.8 Å². The number of anilines is 1. The molecule has 0 aliphatic carbocycles. The van der Waals surface area contributed by atoms with Crippen molar-refractivity contribution in [1.82, 2.24) is 20.0 Å². The lowest BCUT2D eigenvalue weighted by Crippen LogP contribution is -2.12. The number of hydrogen-bond acceptors (Lipinski definition) is 6. The zero-order valence-electron chi connectivity index (χ0n) is 17.6. The topological polar surface area (TPSA) is 81.9 Å². The quantitative estimate of drug-likeness (QED) is 0.335. The fraction of sp³-hybridized carbons (Fsp3) is 0.217. The van der Waals surface area contributed by atoms with Gasteiger partial charge >= 0.3 is 0 Å². The summed E-state index contributed by atoms with van der Waals surface area (Å²) in [4.78, 5) is 16.5. The first-order chi connectivity index (χ1) is 16.0. The summed E-state index contributed by atoms with van der Waals surface area (Å²) in [6.45, 7) is 1.09. The maximum atomic E-state index is 13.3. The van der Waals surface area contributed by atoms with Gasteiger partial charge < -0.3 is 4.74 Å². The number of rotatable bonds is 10. The highest BCUT2D eigenvalue weighted by molar-refractivity contribution is 7.13. The van der Waals surface area contributed by atoms with Gasteiger partial charge in [-0.2, -0.15) is 0 Å². The van der Waals surface area contributed by atoms with Crippen LogP contribution in [-0.4, -0.2) is 25.9 Å². The summed E-state index contributed by atoms with van der Waals surface area (Å²) in [5.41, 5.74) is 1.75. The monoisotopic (exact) mass is 469 g/mol. The highest BCUT2D eigenvalue weighted by Crippen LogP contribution is 2.20. The number of carbonyl (C=O) groups is 1. The number of aromatic nitrogens is 4. The number of ether oxygens (including phenoxy) is 1. The molecule has 0 saturated heterocycles. The van der Waals surface area contributed by atoms with Gasteiger partial charge in [0.25, 0.3) is 5.91 Å². The number of nitrogens with one attached hydrogen (secondary N) is 1. The molecule has 1 N–H and O–H groups in total. The van der Waals surface area contributed by atoms with Crippen molar-refractivity contribution in [2.24, 2.45) is 0 Å². The van der Waals surface area contributed by atoms with Crippen molar-refractivity contribution in [3.63, 3.8) is 0 Å². The molecule has 0 saturated carbocycles. The molecule has 2 aromatic heterocycles. The van der Waals surface area contributed by atoms with Crippen molar-refractivity contribution >= 4 is 22.4 Å². The molecule has 0 atom stereocenters. The number of halogens is 2. The van der Waals surface area contributed by atoms with Crippen LogP contribution in [0.2, 0.25) is 0 Å². The van der Waals surface area contributed by atoms with Gasteiger partial charge in [0.2, 0.25) is 0 Å². The van der Waals surface area contributed by atoms with E-state index in [9.17, 15) is 13.6 Å². The van der Waals surface area contributed by atoms with E-state index in [2.05, 4.69) is 20.6 Å². The van der Waals surface area contributed by atoms with Crippen LogP contribution in [0.1, 0.15) is 34.5 Å².